The van der Waals surface area contributed by atoms with E-state index in [-0.39, 0.29) is 0 Å². The molecule has 0 saturated heterocycles. The summed E-state index contributed by atoms with van der Waals surface area (Å²) in [7, 11) is 0. The minimum atomic E-state index is 0.922. The standard InChI is InChI=1S/C16H30/c1-13(2)16(14-9-5-3-6-10-14)15-11-7-4-8-12-15/h13-16H,3-12H2,1-2H3. The maximum Gasteiger partial charge on any atom is -0.0334 e. The Morgan fingerprint density at radius 2 is 1.00 bits per heavy atom. The summed E-state index contributed by atoms with van der Waals surface area (Å²) in [5.41, 5.74) is 0. The molecule has 0 heteroatoms. The summed E-state index contributed by atoms with van der Waals surface area (Å²) < 4.78 is 0. The molecule has 0 amide bonds. The Balaban J connectivity index is 1.96. The van der Waals surface area contributed by atoms with E-state index in [9.17, 15) is 0 Å². The minimum absolute atomic E-state index is 0.922. The van der Waals surface area contributed by atoms with Crippen molar-refractivity contribution in [1.82, 2.24) is 0 Å². The van der Waals surface area contributed by atoms with Crippen molar-refractivity contribution in [3.05, 3.63) is 0 Å². The average molecular weight is 222 g/mol. The first-order valence-corrected chi connectivity index (χ1v) is 7.79. The zero-order chi connectivity index (χ0) is 11.4. The highest BCUT2D eigenvalue weighted by atomic mass is 14.4. The molecule has 0 spiro atoms. The van der Waals surface area contributed by atoms with Crippen LogP contribution in [-0.2, 0) is 0 Å². The minimum Gasteiger partial charge on any atom is -0.0625 e. The third-order valence-electron chi connectivity index (χ3n) is 5.16. The predicted molar refractivity (Wildman–Crippen MR) is 71.5 cm³/mol. The maximum absolute atomic E-state index is 2.48. The van der Waals surface area contributed by atoms with E-state index in [2.05, 4.69) is 13.8 Å². The molecule has 2 aliphatic carbocycles. The fraction of sp³-hybridized carbons (Fsp3) is 1.00. The summed E-state index contributed by atoms with van der Waals surface area (Å²) in [5.74, 6) is 4.14. The first kappa shape index (κ1) is 12.5. The van der Waals surface area contributed by atoms with Gasteiger partial charge in [0.05, 0.1) is 0 Å². The van der Waals surface area contributed by atoms with Gasteiger partial charge in [-0.05, 0) is 23.7 Å². The lowest BCUT2D eigenvalue weighted by atomic mass is 9.65. The van der Waals surface area contributed by atoms with Crippen LogP contribution >= 0.6 is 0 Å². The van der Waals surface area contributed by atoms with Gasteiger partial charge >= 0.3 is 0 Å². The van der Waals surface area contributed by atoms with Crippen molar-refractivity contribution < 1.29 is 0 Å². The molecule has 0 radical (unpaired) electrons. The monoisotopic (exact) mass is 222 g/mol. The van der Waals surface area contributed by atoms with Crippen LogP contribution in [0, 0.1) is 23.7 Å². The second-order valence-electron chi connectivity index (χ2n) is 6.62. The molecule has 2 fully saturated rings. The van der Waals surface area contributed by atoms with Gasteiger partial charge in [0, 0.05) is 0 Å². The zero-order valence-electron chi connectivity index (χ0n) is 11.4. The maximum atomic E-state index is 2.48. The van der Waals surface area contributed by atoms with Crippen LogP contribution in [0.3, 0.4) is 0 Å². The van der Waals surface area contributed by atoms with Gasteiger partial charge in [-0.3, -0.25) is 0 Å². The Labute approximate surface area is 102 Å². The largest absolute Gasteiger partial charge is 0.0625 e. The van der Waals surface area contributed by atoms with E-state index in [0.29, 0.717) is 0 Å². The molecule has 0 unspecified atom stereocenters. The lowest BCUT2D eigenvalue weighted by molar-refractivity contribution is 0.102. The van der Waals surface area contributed by atoms with Gasteiger partial charge in [-0.15, -0.1) is 0 Å². The molecule has 2 aliphatic rings. The van der Waals surface area contributed by atoms with Crippen LogP contribution in [0.25, 0.3) is 0 Å². The molecule has 0 atom stereocenters. The second kappa shape index (κ2) is 6.07. The molecule has 0 aliphatic heterocycles. The first-order valence-electron chi connectivity index (χ1n) is 7.79. The average Bonchev–Trinajstić information content (AvgIpc) is 2.31. The molecule has 0 aromatic heterocycles. The van der Waals surface area contributed by atoms with Crippen molar-refractivity contribution in [3.8, 4) is 0 Å². The summed E-state index contributed by atoms with van der Waals surface area (Å²) in [6, 6.07) is 0. The SMILES string of the molecule is CC(C)C(C1CCCCC1)C1CCCCC1. The van der Waals surface area contributed by atoms with E-state index < -0.39 is 0 Å². The third kappa shape index (κ3) is 3.02. The number of rotatable bonds is 3. The summed E-state index contributed by atoms with van der Waals surface area (Å²) in [4.78, 5) is 0. The lowest BCUT2D eigenvalue weighted by Gasteiger charge is -2.40. The van der Waals surface area contributed by atoms with Crippen molar-refractivity contribution in [2.45, 2.75) is 78.1 Å². The second-order valence-corrected chi connectivity index (χ2v) is 6.62. The molecule has 2 saturated carbocycles. The Hall–Kier alpha value is 0. The Bertz CT molecular complexity index is 164. The summed E-state index contributed by atoms with van der Waals surface area (Å²) in [6.07, 6.45) is 15.2. The molecular formula is C16H30. The molecule has 0 heterocycles. The molecule has 0 nitrogen and oxygen atoms in total. The van der Waals surface area contributed by atoms with E-state index in [1.54, 1.807) is 25.7 Å². The van der Waals surface area contributed by atoms with Gasteiger partial charge in [-0.1, -0.05) is 78.1 Å². The molecule has 0 aromatic rings. The van der Waals surface area contributed by atoms with Crippen molar-refractivity contribution in [3.63, 3.8) is 0 Å². The van der Waals surface area contributed by atoms with Crippen LogP contribution in [-0.4, -0.2) is 0 Å². The number of hydrogen-bond acceptors (Lipinski definition) is 0. The van der Waals surface area contributed by atoms with Crippen LogP contribution in [0.2, 0.25) is 0 Å². The molecule has 0 aromatic carbocycles. The Morgan fingerprint density at radius 3 is 1.31 bits per heavy atom. The molecular weight excluding hydrogens is 192 g/mol. The molecule has 16 heavy (non-hydrogen) atoms. The highest BCUT2D eigenvalue weighted by molar-refractivity contribution is 4.83. The summed E-state index contributed by atoms with van der Waals surface area (Å²) in [5, 5.41) is 0. The van der Waals surface area contributed by atoms with Crippen molar-refractivity contribution >= 4 is 0 Å². The van der Waals surface area contributed by atoms with Gasteiger partial charge < -0.3 is 0 Å². The van der Waals surface area contributed by atoms with E-state index in [1.165, 1.54) is 38.5 Å². The highest BCUT2D eigenvalue weighted by Gasteiger charge is 2.33. The fourth-order valence-corrected chi connectivity index (χ4v) is 4.51. The lowest BCUT2D eigenvalue weighted by Crippen LogP contribution is -2.31. The van der Waals surface area contributed by atoms with Crippen LogP contribution < -0.4 is 0 Å². The number of hydrogen-bond donors (Lipinski definition) is 0. The van der Waals surface area contributed by atoms with Crippen molar-refractivity contribution in [1.29, 1.82) is 0 Å². The predicted octanol–water partition coefficient (Wildman–Crippen LogP) is 5.42. The Kier molecular flexibility index (Phi) is 4.73. The van der Waals surface area contributed by atoms with Crippen molar-refractivity contribution in [2.75, 3.05) is 0 Å². The van der Waals surface area contributed by atoms with Gasteiger partial charge in [-0.25, -0.2) is 0 Å². The van der Waals surface area contributed by atoms with Crippen molar-refractivity contribution in [2.24, 2.45) is 23.7 Å². The Morgan fingerprint density at radius 1 is 0.625 bits per heavy atom. The quantitative estimate of drug-likeness (QED) is 0.598. The molecule has 2 rings (SSSR count). The van der Waals surface area contributed by atoms with Gasteiger partial charge in [0.2, 0.25) is 0 Å². The van der Waals surface area contributed by atoms with E-state index in [0.717, 1.165) is 23.7 Å². The van der Waals surface area contributed by atoms with Gasteiger partial charge in [-0.2, -0.15) is 0 Å². The first-order chi connectivity index (χ1) is 7.79. The summed E-state index contributed by atoms with van der Waals surface area (Å²) in [6.45, 7) is 4.96. The van der Waals surface area contributed by atoms with E-state index >= 15 is 0 Å². The van der Waals surface area contributed by atoms with Crippen LogP contribution in [0.5, 0.6) is 0 Å². The molecule has 0 N–H and O–H groups in total. The topological polar surface area (TPSA) is 0 Å². The highest BCUT2D eigenvalue weighted by Crippen LogP contribution is 2.43. The zero-order valence-corrected chi connectivity index (χ0v) is 11.4. The molecule has 0 bridgehead atoms. The molecule has 94 valence electrons. The fourth-order valence-electron chi connectivity index (χ4n) is 4.51. The van der Waals surface area contributed by atoms with Crippen LogP contribution in [0.15, 0.2) is 0 Å². The van der Waals surface area contributed by atoms with Gasteiger partial charge in [0.15, 0.2) is 0 Å². The van der Waals surface area contributed by atoms with Crippen LogP contribution in [0.1, 0.15) is 78.1 Å². The summed E-state index contributed by atoms with van der Waals surface area (Å²) >= 11 is 0. The normalized spacial score (nSPS) is 25.5. The van der Waals surface area contributed by atoms with E-state index in [1.807, 2.05) is 0 Å². The van der Waals surface area contributed by atoms with E-state index in [4.69, 9.17) is 0 Å². The van der Waals surface area contributed by atoms with Gasteiger partial charge in [0.25, 0.3) is 0 Å². The van der Waals surface area contributed by atoms with Crippen LogP contribution in [0.4, 0.5) is 0 Å². The van der Waals surface area contributed by atoms with Gasteiger partial charge in [0.1, 0.15) is 0 Å². The smallest absolute Gasteiger partial charge is 0.0334 e. The third-order valence-corrected chi connectivity index (χ3v) is 5.16.